The highest BCUT2D eigenvalue weighted by atomic mass is 33.1. The summed E-state index contributed by atoms with van der Waals surface area (Å²) in [5.74, 6) is 0. The molecule has 0 aliphatic rings. The Morgan fingerprint density at radius 3 is 2.57 bits per heavy atom. The van der Waals surface area contributed by atoms with Crippen molar-refractivity contribution >= 4 is 32.9 Å². The number of aromatic nitrogens is 2. The Morgan fingerprint density at radius 1 is 1.14 bits per heavy atom. The van der Waals surface area contributed by atoms with Crippen LogP contribution in [0.3, 0.4) is 0 Å². The van der Waals surface area contributed by atoms with Crippen molar-refractivity contribution in [1.29, 1.82) is 0 Å². The number of hydrogen-bond acceptors (Lipinski definition) is 5. The summed E-state index contributed by atoms with van der Waals surface area (Å²) in [5, 5.41) is 7.74. The van der Waals surface area contributed by atoms with Crippen LogP contribution < -0.4 is 0 Å². The first kappa shape index (κ1) is 10.0. The van der Waals surface area contributed by atoms with Gasteiger partial charge in [0.2, 0.25) is 0 Å². The van der Waals surface area contributed by atoms with Crippen molar-refractivity contribution in [3.8, 4) is 0 Å². The van der Waals surface area contributed by atoms with E-state index in [0.29, 0.717) is 0 Å². The molecule has 14 heavy (non-hydrogen) atoms. The molecule has 0 atom stereocenters. The summed E-state index contributed by atoms with van der Waals surface area (Å²) in [6.07, 6.45) is 0. The average molecular weight is 240 g/mol. The topological polar surface area (TPSA) is 25.8 Å². The number of rotatable bonds is 3. The lowest BCUT2D eigenvalue weighted by atomic mass is 10.2. The van der Waals surface area contributed by atoms with E-state index in [1.54, 1.807) is 38.4 Å². The van der Waals surface area contributed by atoms with E-state index >= 15 is 0 Å². The number of nitrogens with zero attached hydrogens (tertiary/aromatic N) is 2. The van der Waals surface area contributed by atoms with Gasteiger partial charge in [-0.25, -0.2) is 0 Å². The molecule has 0 unspecified atom stereocenters. The second-order valence-corrected chi connectivity index (χ2v) is 5.97. The zero-order valence-electron chi connectivity index (χ0n) is 7.51. The number of benzene rings is 1. The van der Waals surface area contributed by atoms with Crippen LogP contribution in [0, 0.1) is 6.92 Å². The minimum absolute atomic E-state index is 0.996. The SMILES string of the molecule is Cc1ccc(SSc2nncs2)cc1. The Bertz CT molecular complexity index is 383. The Kier molecular flexibility index (Phi) is 3.44. The minimum Gasteiger partial charge on any atom is -0.146 e. The van der Waals surface area contributed by atoms with E-state index in [1.165, 1.54) is 10.5 Å². The van der Waals surface area contributed by atoms with Gasteiger partial charge in [0.15, 0.2) is 4.34 Å². The third-order valence-electron chi connectivity index (χ3n) is 1.57. The van der Waals surface area contributed by atoms with Crippen molar-refractivity contribution in [1.82, 2.24) is 10.2 Å². The maximum atomic E-state index is 3.96. The minimum atomic E-state index is 0.996. The van der Waals surface area contributed by atoms with Gasteiger partial charge in [-0.2, -0.15) is 0 Å². The van der Waals surface area contributed by atoms with Gasteiger partial charge in [-0.1, -0.05) is 39.8 Å². The van der Waals surface area contributed by atoms with E-state index in [-0.39, 0.29) is 0 Å². The summed E-state index contributed by atoms with van der Waals surface area (Å²) in [6, 6.07) is 8.47. The summed E-state index contributed by atoms with van der Waals surface area (Å²) in [4.78, 5) is 1.25. The van der Waals surface area contributed by atoms with E-state index < -0.39 is 0 Å². The van der Waals surface area contributed by atoms with Gasteiger partial charge in [-0.05, 0) is 29.9 Å². The molecule has 2 nitrogen and oxygen atoms in total. The van der Waals surface area contributed by atoms with E-state index in [4.69, 9.17) is 0 Å². The van der Waals surface area contributed by atoms with Gasteiger partial charge in [0.25, 0.3) is 0 Å². The molecule has 0 fully saturated rings. The fraction of sp³-hybridized carbons (Fsp3) is 0.111. The second kappa shape index (κ2) is 4.82. The standard InChI is InChI=1S/C9H8N2S3/c1-7-2-4-8(5-3-7)13-14-9-11-10-6-12-9/h2-6H,1H3. The predicted octanol–water partition coefficient (Wildman–Crippen LogP) is 3.65. The third kappa shape index (κ3) is 2.73. The molecule has 0 saturated carbocycles. The normalized spacial score (nSPS) is 10.4. The molecule has 2 rings (SSSR count). The van der Waals surface area contributed by atoms with E-state index in [2.05, 4.69) is 41.4 Å². The first-order valence-corrected chi connectivity index (χ1v) is 7.05. The molecule has 72 valence electrons. The summed E-state index contributed by atoms with van der Waals surface area (Å²) in [5.41, 5.74) is 3.04. The summed E-state index contributed by atoms with van der Waals surface area (Å²) < 4.78 is 0.996. The number of aryl methyl sites for hydroxylation is 1. The predicted molar refractivity (Wildman–Crippen MR) is 62.8 cm³/mol. The zero-order valence-corrected chi connectivity index (χ0v) is 9.96. The molecular weight excluding hydrogens is 232 g/mol. The fourth-order valence-electron chi connectivity index (χ4n) is 0.877. The highest BCUT2D eigenvalue weighted by Gasteiger charge is 1.99. The van der Waals surface area contributed by atoms with Crippen molar-refractivity contribution in [2.24, 2.45) is 0 Å². The highest BCUT2D eigenvalue weighted by Crippen LogP contribution is 2.37. The van der Waals surface area contributed by atoms with Crippen molar-refractivity contribution in [2.75, 3.05) is 0 Å². The maximum absolute atomic E-state index is 3.96. The van der Waals surface area contributed by atoms with Crippen molar-refractivity contribution in [2.45, 2.75) is 16.2 Å². The van der Waals surface area contributed by atoms with Crippen LogP contribution in [0.5, 0.6) is 0 Å². The quantitative estimate of drug-likeness (QED) is 0.765. The van der Waals surface area contributed by atoms with Crippen LogP contribution in [-0.4, -0.2) is 10.2 Å². The van der Waals surface area contributed by atoms with Crippen LogP contribution in [-0.2, 0) is 0 Å². The molecule has 0 N–H and O–H groups in total. The van der Waals surface area contributed by atoms with Gasteiger partial charge in [0.05, 0.1) is 0 Å². The molecule has 1 aromatic carbocycles. The maximum Gasteiger partial charge on any atom is 0.184 e. The van der Waals surface area contributed by atoms with Crippen LogP contribution >= 0.6 is 32.9 Å². The zero-order chi connectivity index (χ0) is 9.80. The lowest BCUT2D eigenvalue weighted by Gasteiger charge is -1.97. The first-order valence-electron chi connectivity index (χ1n) is 4.02. The van der Waals surface area contributed by atoms with Gasteiger partial charge in [-0.15, -0.1) is 10.2 Å². The van der Waals surface area contributed by atoms with Crippen LogP contribution in [0.15, 0.2) is 39.0 Å². The van der Waals surface area contributed by atoms with Crippen molar-refractivity contribution in [3.63, 3.8) is 0 Å². The molecule has 5 heteroatoms. The van der Waals surface area contributed by atoms with E-state index in [9.17, 15) is 0 Å². The molecule has 0 spiro atoms. The van der Waals surface area contributed by atoms with Crippen molar-refractivity contribution in [3.05, 3.63) is 35.3 Å². The molecule has 0 aliphatic carbocycles. The van der Waals surface area contributed by atoms with Crippen LogP contribution in [0.2, 0.25) is 0 Å². The molecule has 0 saturated heterocycles. The van der Waals surface area contributed by atoms with Crippen molar-refractivity contribution < 1.29 is 0 Å². The van der Waals surface area contributed by atoms with Gasteiger partial charge in [0, 0.05) is 4.90 Å². The second-order valence-electron chi connectivity index (χ2n) is 2.68. The third-order valence-corrected chi connectivity index (χ3v) is 4.98. The lowest BCUT2D eigenvalue weighted by molar-refractivity contribution is 1.01. The largest absolute Gasteiger partial charge is 0.184 e. The molecule has 0 radical (unpaired) electrons. The van der Waals surface area contributed by atoms with Gasteiger partial charge < -0.3 is 0 Å². The first-order chi connectivity index (χ1) is 6.84. The number of hydrogen-bond donors (Lipinski definition) is 0. The lowest BCUT2D eigenvalue weighted by Crippen LogP contribution is -1.71. The van der Waals surface area contributed by atoms with Gasteiger partial charge in [0.1, 0.15) is 5.51 Å². The Balaban J connectivity index is 1.95. The summed E-state index contributed by atoms with van der Waals surface area (Å²) >= 11 is 1.57. The Labute approximate surface area is 94.5 Å². The van der Waals surface area contributed by atoms with Crippen LogP contribution in [0.1, 0.15) is 5.56 Å². The average Bonchev–Trinajstić information content (AvgIpc) is 2.70. The van der Waals surface area contributed by atoms with Crippen LogP contribution in [0.4, 0.5) is 0 Å². The molecule has 1 aromatic heterocycles. The van der Waals surface area contributed by atoms with Crippen LogP contribution in [0.25, 0.3) is 0 Å². The molecule has 0 amide bonds. The Hall–Kier alpha value is -0.520. The smallest absolute Gasteiger partial charge is 0.146 e. The van der Waals surface area contributed by atoms with E-state index in [0.717, 1.165) is 4.34 Å². The molecule has 0 bridgehead atoms. The Morgan fingerprint density at radius 2 is 1.93 bits per heavy atom. The van der Waals surface area contributed by atoms with Gasteiger partial charge >= 0.3 is 0 Å². The molecule has 2 aromatic rings. The molecule has 0 aliphatic heterocycles. The summed E-state index contributed by atoms with van der Waals surface area (Å²) in [6.45, 7) is 2.09. The molecule has 1 heterocycles. The summed E-state index contributed by atoms with van der Waals surface area (Å²) in [7, 11) is 3.36. The fourth-order valence-corrected chi connectivity index (χ4v) is 3.53. The van der Waals surface area contributed by atoms with E-state index in [1.807, 2.05) is 0 Å². The molecular formula is C9H8N2S3. The highest BCUT2D eigenvalue weighted by molar-refractivity contribution is 8.77. The van der Waals surface area contributed by atoms with Gasteiger partial charge in [-0.3, -0.25) is 0 Å². The monoisotopic (exact) mass is 240 g/mol.